The van der Waals surface area contributed by atoms with Gasteiger partial charge in [0, 0.05) is 41.7 Å². The molecule has 0 aliphatic heterocycles. The molecule has 0 fully saturated rings. The minimum atomic E-state index is -1.79. The van der Waals surface area contributed by atoms with E-state index in [0.717, 1.165) is 26.1 Å². The molecule has 0 spiro atoms. The summed E-state index contributed by atoms with van der Waals surface area (Å²) in [6.45, 7) is 19.9. The van der Waals surface area contributed by atoms with Crippen molar-refractivity contribution in [2.24, 2.45) is 0 Å². The van der Waals surface area contributed by atoms with Crippen LogP contribution in [0, 0.1) is 0 Å². The number of ether oxygens (including phenoxy) is 1. The zero-order chi connectivity index (χ0) is 21.5. The lowest BCUT2D eigenvalue weighted by Crippen LogP contribution is -2.51. The monoisotopic (exact) mass is 454 g/mol. The van der Waals surface area contributed by atoms with Crippen LogP contribution in [0.15, 0.2) is 0 Å². The first-order valence-electron chi connectivity index (χ1n) is 10.00. The van der Waals surface area contributed by atoms with E-state index in [2.05, 4.69) is 52.4 Å². The third-order valence-electron chi connectivity index (χ3n) is 6.56. The van der Waals surface area contributed by atoms with Crippen molar-refractivity contribution >= 4 is 33.3 Å². The van der Waals surface area contributed by atoms with Gasteiger partial charge in [-0.15, -0.1) is 0 Å². The van der Waals surface area contributed by atoms with Gasteiger partial charge < -0.3 is 22.4 Å². The van der Waals surface area contributed by atoms with Gasteiger partial charge in [-0.25, -0.2) is 0 Å². The molecule has 0 unspecified atom stereocenters. The average Bonchev–Trinajstić information content (AvgIpc) is 2.60. The fraction of sp³-hybridized carbons (Fsp3) is 1.00. The summed E-state index contributed by atoms with van der Waals surface area (Å²) in [5.41, 5.74) is 0. The summed E-state index contributed by atoms with van der Waals surface area (Å²) in [6.07, 6.45) is 2.03. The van der Waals surface area contributed by atoms with E-state index in [1.54, 1.807) is 0 Å². The molecule has 0 aromatic carbocycles. The maximum Gasteiger partial charge on any atom is 0.188 e. The van der Waals surface area contributed by atoms with Gasteiger partial charge in [0.2, 0.25) is 0 Å². The Bertz CT molecular complexity index is 360. The van der Waals surface area contributed by atoms with Crippen LogP contribution in [0.25, 0.3) is 0 Å². The third-order valence-corrected chi connectivity index (χ3v) is 27.0. The Morgan fingerprint density at radius 3 is 0.889 bits per heavy atom. The zero-order valence-electron chi connectivity index (χ0n) is 20.0. The van der Waals surface area contributed by atoms with Gasteiger partial charge in [-0.2, -0.15) is 0 Å². The molecule has 0 bridgehead atoms. The van der Waals surface area contributed by atoms with Crippen molar-refractivity contribution in [2.45, 2.75) is 75.5 Å². The van der Waals surface area contributed by atoms with Gasteiger partial charge in [-0.1, -0.05) is 0 Å². The van der Waals surface area contributed by atoms with Crippen LogP contribution in [-0.2, 0) is 22.4 Å². The highest BCUT2D eigenvalue weighted by molar-refractivity contribution is 6.92. The van der Waals surface area contributed by atoms with Crippen molar-refractivity contribution in [2.75, 3.05) is 41.7 Å². The SMILES string of the molecule is CO[Si](C)(C)C(CCOCCC([Si](C)(C)OC)[Si](C)(C)OC)[Si](C)(C)OC. The van der Waals surface area contributed by atoms with Crippen LogP contribution < -0.4 is 0 Å². The number of rotatable bonds is 14. The Hall–Kier alpha value is 0.668. The summed E-state index contributed by atoms with van der Waals surface area (Å²) in [5.74, 6) is 0. The van der Waals surface area contributed by atoms with Crippen LogP contribution in [0.3, 0.4) is 0 Å². The van der Waals surface area contributed by atoms with Crippen molar-refractivity contribution in [3.63, 3.8) is 0 Å². The van der Waals surface area contributed by atoms with Crippen LogP contribution in [0.4, 0.5) is 0 Å². The van der Waals surface area contributed by atoms with Crippen molar-refractivity contribution in [1.29, 1.82) is 0 Å². The Morgan fingerprint density at radius 2 is 0.704 bits per heavy atom. The van der Waals surface area contributed by atoms with Crippen LogP contribution in [0.5, 0.6) is 0 Å². The highest BCUT2D eigenvalue weighted by Gasteiger charge is 2.46. The topological polar surface area (TPSA) is 46.2 Å². The molecule has 0 rings (SSSR count). The van der Waals surface area contributed by atoms with Gasteiger partial charge in [0.05, 0.1) is 0 Å². The molecular weight excluding hydrogens is 409 g/mol. The smallest absolute Gasteiger partial charge is 0.188 e. The predicted octanol–water partition coefficient (Wildman–Crippen LogP) is 5.01. The van der Waals surface area contributed by atoms with Crippen molar-refractivity contribution in [3.8, 4) is 0 Å². The second kappa shape index (κ2) is 11.2. The van der Waals surface area contributed by atoms with Gasteiger partial charge in [0.15, 0.2) is 33.3 Å². The molecular formula is C18H46O5Si4. The summed E-state index contributed by atoms with van der Waals surface area (Å²) in [4.78, 5) is 0. The van der Waals surface area contributed by atoms with Gasteiger partial charge in [0.25, 0.3) is 0 Å². The third kappa shape index (κ3) is 8.13. The van der Waals surface area contributed by atoms with Crippen molar-refractivity contribution < 1.29 is 22.4 Å². The second-order valence-corrected chi connectivity index (χ2v) is 27.9. The maximum atomic E-state index is 6.12. The minimum Gasteiger partial charge on any atom is -0.420 e. The lowest BCUT2D eigenvalue weighted by atomic mass is 10.5. The van der Waals surface area contributed by atoms with E-state index in [9.17, 15) is 0 Å². The molecule has 0 saturated carbocycles. The molecule has 0 radical (unpaired) electrons. The van der Waals surface area contributed by atoms with E-state index in [1.165, 1.54) is 0 Å². The number of hydrogen-bond donors (Lipinski definition) is 0. The summed E-state index contributed by atoms with van der Waals surface area (Å²) in [5, 5.41) is 1.01. The summed E-state index contributed by atoms with van der Waals surface area (Å²) < 4.78 is 29.8. The van der Waals surface area contributed by atoms with Crippen molar-refractivity contribution in [1.82, 2.24) is 0 Å². The van der Waals surface area contributed by atoms with Gasteiger partial charge in [0.1, 0.15) is 0 Å². The quantitative estimate of drug-likeness (QED) is 0.273. The van der Waals surface area contributed by atoms with Crippen LogP contribution in [-0.4, -0.2) is 74.9 Å². The van der Waals surface area contributed by atoms with E-state index in [0.29, 0.717) is 10.3 Å². The highest BCUT2D eigenvalue weighted by atomic mass is 28.4. The predicted molar refractivity (Wildman–Crippen MR) is 126 cm³/mol. The molecule has 0 aromatic rings. The number of hydrogen-bond acceptors (Lipinski definition) is 5. The zero-order valence-corrected chi connectivity index (χ0v) is 24.0. The van der Waals surface area contributed by atoms with Crippen LogP contribution in [0.1, 0.15) is 12.8 Å². The standard InChI is InChI=1S/C18H46O5Si4/c1-19-24(5,6)17(25(7,8)20-2)13-15-23-16-14-18(26(9,10)21-3)27(11,12)22-4/h17-18H,13-16H2,1-12H3. The Labute approximate surface area is 173 Å². The summed E-state index contributed by atoms with van der Waals surface area (Å²) >= 11 is 0. The fourth-order valence-electron chi connectivity index (χ4n) is 4.14. The highest BCUT2D eigenvalue weighted by Crippen LogP contribution is 2.37. The molecule has 0 amide bonds. The first-order chi connectivity index (χ1) is 12.2. The Balaban J connectivity index is 4.85. The van der Waals surface area contributed by atoms with Crippen LogP contribution in [0.2, 0.25) is 62.7 Å². The molecule has 0 aliphatic rings. The molecule has 164 valence electrons. The molecule has 5 nitrogen and oxygen atoms in total. The normalized spacial score (nSPS) is 14.4. The van der Waals surface area contributed by atoms with E-state index in [-0.39, 0.29) is 0 Å². The molecule has 27 heavy (non-hydrogen) atoms. The molecule has 0 atom stereocenters. The fourth-order valence-corrected chi connectivity index (χ4v) is 23.3. The first-order valence-corrected chi connectivity index (χ1v) is 21.9. The minimum absolute atomic E-state index is 0.505. The van der Waals surface area contributed by atoms with Gasteiger partial charge in [-0.05, 0) is 75.5 Å². The average molecular weight is 455 g/mol. The maximum absolute atomic E-state index is 6.12. The molecule has 0 aromatic heterocycles. The molecule has 0 heterocycles. The molecule has 0 N–H and O–H groups in total. The lowest BCUT2D eigenvalue weighted by Gasteiger charge is -2.40. The van der Waals surface area contributed by atoms with E-state index in [4.69, 9.17) is 22.4 Å². The molecule has 0 aliphatic carbocycles. The Kier molecular flexibility index (Phi) is 11.4. The van der Waals surface area contributed by atoms with Gasteiger partial charge >= 0.3 is 0 Å². The van der Waals surface area contributed by atoms with E-state index >= 15 is 0 Å². The molecule has 0 saturated heterocycles. The van der Waals surface area contributed by atoms with E-state index in [1.807, 2.05) is 28.4 Å². The first kappa shape index (κ1) is 27.7. The van der Waals surface area contributed by atoms with Crippen molar-refractivity contribution in [3.05, 3.63) is 0 Å². The Morgan fingerprint density at radius 1 is 0.481 bits per heavy atom. The lowest BCUT2D eigenvalue weighted by molar-refractivity contribution is 0.127. The van der Waals surface area contributed by atoms with Crippen LogP contribution >= 0.6 is 0 Å². The summed E-state index contributed by atoms with van der Waals surface area (Å²) in [7, 11) is 0.244. The van der Waals surface area contributed by atoms with E-state index < -0.39 is 33.3 Å². The summed E-state index contributed by atoms with van der Waals surface area (Å²) in [6, 6.07) is 0. The molecule has 9 heteroatoms. The largest absolute Gasteiger partial charge is 0.420 e. The van der Waals surface area contributed by atoms with Gasteiger partial charge in [-0.3, -0.25) is 0 Å². The second-order valence-electron chi connectivity index (χ2n) is 9.53.